The Morgan fingerprint density at radius 2 is 1.77 bits per heavy atom. The molecule has 1 spiro atoms. The van der Waals surface area contributed by atoms with Gasteiger partial charge < -0.3 is 20.5 Å². The Kier molecular flexibility index (Phi) is 6.61. The van der Waals surface area contributed by atoms with Gasteiger partial charge in [0.25, 0.3) is 17.7 Å². The fourth-order valence-corrected chi connectivity index (χ4v) is 5.48. The average molecular weight is 545 g/mol. The summed E-state index contributed by atoms with van der Waals surface area (Å²) in [6.45, 7) is 0.341. The summed E-state index contributed by atoms with van der Waals surface area (Å²) >= 11 is 0. The van der Waals surface area contributed by atoms with Crippen LogP contribution >= 0.6 is 0 Å². The van der Waals surface area contributed by atoms with Crippen LogP contribution in [0, 0.1) is 11.6 Å². The molecule has 2 aliphatic rings. The Bertz CT molecular complexity index is 1410. The number of alkyl halides is 2. The molecule has 2 aromatic heterocycles. The Hall–Kier alpha value is -3.93. The predicted molar refractivity (Wildman–Crippen MR) is 135 cm³/mol. The summed E-state index contributed by atoms with van der Waals surface area (Å²) in [6, 6.07) is 8.49. The lowest BCUT2D eigenvalue weighted by molar-refractivity contribution is -0.193. The molecule has 39 heavy (non-hydrogen) atoms. The number of benzene rings is 1. The fourth-order valence-electron chi connectivity index (χ4n) is 5.48. The number of halogens is 4. The Morgan fingerprint density at radius 1 is 1.08 bits per heavy atom. The van der Waals surface area contributed by atoms with Gasteiger partial charge in [-0.25, -0.2) is 17.6 Å². The highest BCUT2D eigenvalue weighted by Crippen LogP contribution is 2.57. The molecule has 0 unspecified atom stereocenters. The van der Waals surface area contributed by atoms with E-state index in [4.69, 9.17) is 5.73 Å². The summed E-state index contributed by atoms with van der Waals surface area (Å²) in [5, 5.41) is 2.78. The van der Waals surface area contributed by atoms with Crippen molar-refractivity contribution in [2.45, 2.75) is 43.9 Å². The van der Waals surface area contributed by atoms with Gasteiger partial charge in [-0.15, -0.1) is 0 Å². The molecular formula is C27H28F4N6O2. The third kappa shape index (κ3) is 4.84. The van der Waals surface area contributed by atoms with E-state index in [0.717, 1.165) is 12.1 Å². The first kappa shape index (κ1) is 26.7. The van der Waals surface area contributed by atoms with Gasteiger partial charge in [-0.05, 0) is 36.4 Å². The van der Waals surface area contributed by atoms with Gasteiger partial charge in [-0.1, -0.05) is 0 Å². The lowest BCUT2D eigenvalue weighted by Gasteiger charge is -2.56. The number of rotatable bonds is 6. The summed E-state index contributed by atoms with van der Waals surface area (Å²) in [6.07, 6.45) is 0.400. The second-order valence-corrected chi connectivity index (χ2v) is 10.3. The smallest absolute Gasteiger partial charge is 0.268 e. The maximum Gasteiger partial charge on any atom is 0.268 e. The number of pyridine rings is 1. The van der Waals surface area contributed by atoms with Crippen molar-refractivity contribution in [2.75, 3.05) is 26.4 Å². The molecule has 1 saturated carbocycles. The summed E-state index contributed by atoms with van der Waals surface area (Å²) in [5.41, 5.74) is 5.90. The molecule has 8 nitrogen and oxygen atoms in total. The minimum Gasteiger partial charge on any atom is -0.397 e. The van der Waals surface area contributed by atoms with E-state index in [-0.39, 0.29) is 37.3 Å². The van der Waals surface area contributed by atoms with Gasteiger partial charge >= 0.3 is 0 Å². The Labute approximate surface area is 222 Å². The number of carbonyl (C=O) groups excluding carboxylic acids is 2. The topological polar surface area (TPSA) is 96.5 Å². The zero-order valence-electron chi connectivity index (χ0n) is 21.5. The largest absolute Gasteiger partial charge is 0.397 e. The highest BCUT2D eigenvalue weighted by molar-refractivity contribution is 5.94. The number of anilines is 1. The van der Waals surface area contributed by atoms with Crippen LogP contribution in [0.1, 0.15) is 50.6 Å². The lowest BCUT2D eigenvalue weighted by atomic mass is 9.68. The van der Waals surface area contributed by atoms with E-state index in [9.17, 15) is 18.4 Å². The van der Waals surface area contributed by atoms with E-state index in [1.165, 1.54) is 25.2 Å². The van der Waals surface area contributed by atoms with E-state index < -0.39 is 47.8 Å². The summed E-state index contributed by atoms with van der Waals surface area (Å²) < 4.78 is 60.4. The van der Waals surface area contributed by atoms with Crippen LogP contribution in [0.3, 0.4) is 0 Å². The zero-order chi connectivity index (χ0) is 28.1. The van der Waals surface area contributed by atoms with Crippen LogP contribution in [0.4, 0.5) is 23.2 Å². The van der Waals surface area contributed by atoms with E-state index in [1.54, 1.807) is 33.7 Å². The van der Waals surface area contributed by atoms with Gasteiger partial charge in [-0.2, -0.15) is 0 Å². The first-order valence-corrected chi connectivity index (χ1v) is 12.4. The number of hydrogen-bond acceptors (Lipinski definition) is 5. The van der Waals surface area contributed by atoms with Crippen molar-refractivity contribution >= 4 is 17.5 Å². The molecule has 206 valence electrons. The number of fused-ring (bicyclic) bond motifs is 2. The summed E-state index contributed by atoms with van der Waals surface area (Å²) in [5.74, 6) is -5.74. The number of nitrogens with zero attached hydrogens (tertiary/aromatic N) is 4. The molecule has 3 N–H and O–H groups in total. The monoisotopic (exact) mass is 544 g/mol. The number of hydrogen-bond donors (Lipinski definition) is 2. The maximum absolute atomic E-state index is 15.0. The van der Waals surface area contributed by atoms with Crippen LogP contribution in [0.2, 0.25) is 0 Å². The number of nitrogen functional groups attached to an aromatic ring is 1. The molecular weight excluding hydrogens is 516 g/mol. The summed E-state index contributed by atoms with van der Waals surface area (Å²) in [4.78, 5) is 32.2. The SMILES string of the molecule is CN(C)C(=O)c1cc(F)c(CN2CCn3c(C(=O)NCc4ccc(N)cn4)ccc3C23CC(F)(F)C3)c(F)c1. The average Bonchev–Trinajstić information content (AvgIpc) is 3.30. The van der Waals surface area contributed by atoms with Crippen LogP contribution in [0.5, 0.6) is 0 Å². The molecule has 0 atom stereocenters. The van der Waals surface area contributed by atoms with Crippen molar-refractivity contribution in [2.24, 2.45) is 0 Å². The molecule has 1 fully saturated rings. The molecule has 1 aliphatic heterocycles. The van der Waals surface area contributed by atoms with Gasteiger partial charge in [0, 0.05) is 63.4 Å². The normalized spacial score (nSPS) is 17.4. The summed E-state index contributed by atoms with van der Waals surface area (Å²) in [7, 11) is 2.94. The van der Waals surface area contributed by atoms with Gasteiger partial charge in [0.05, 0.1) is 29.7 Å². The van der Waals surface area contributed by atoms with E-state index in [1.807, 2.05) is 0 Å². The molecule has 1 aromatic carbocycles. The van der Waals surface area contributed by atoms with E-state index in [0.29, 0.717) is 22.8 Å². The van der Waals surface area contributed by atoms with Gasteiger partial charge in [0.2, 0.25) is 0 Å². The minimum atomic E-state index is -2.95. The van der Waals surface area contributed by atoms with Gasteiger partial charge in [0.1, 0.15) is 17.3 Å². The number of nitrogens with two attached hydrogens (primary N) is 1. The molecule has 0 radical (unpaired) electrons. The standard InChI is InChI=1S/C27H28F4N6O2/c1-35(2)25(39)16-9-20(28)19(21(29)10-16)13-36-7-8-37-22(5-6-23(37)26(36)14-27(30,31)15-26)24(38)34-12-18-4-3-17(32)11-33-18/h3-6,9-11H,7-8,12-15,32H2,1-2H3,(H,34,38). The van der Waals surface area contributed by atoms with Crippen molar-refractivity contribution < 1.29 is 27.2 Å². The molecule has 0 saturated heterocycles. The fraction of sp³-hybridized carbons (Fsp3) is 0.370. The van der Waals surface area contributed by atoms with Crippen LogP contribution < -0.4 is 11.1 Å². The van der Waals surface area contributed by atoms with Crippen LogP contribution in [-0.4, -0.2) is 57.7 Å². The lowest BCUT2D eigenvalue weighted by Crippen LogP contribution is -2.63. The van der Waals surface area contributed by atoms with Crippen LogP contribution in [0.25, 0.3) is 0 Å². The van der Waals surface area contributed by atoms with E-state index in [2.05, 4.69) is 10.3 Å². The quantitative estimate of drug-likeness (QED) is 0.463. The highest BCUT2D eigenvalue weighted by Gasteiger charge is 2.62. The number of nitrogens with one attached hydrogen (secondary N) is 1. The van der Waals surface area contributed by atoms with E-state index >= 15 is 8.78 Å². The molecule has 3 aromatic rings. The third-order valence-corrected chi connectivity index (χ3v) is 7.41. The first-order valence-electron chi connectivity index (χ1n) is 12.4. The molecule has 0 bridgehead atoms. The van der Waals surface area contributed by atoms with Crippen molar-refractivity contribution in [1.82, 2.24) is 24.7 Å². The second-order valence-electron chi connectivity index (χ2n) is 10.3. The molecule has 12 heteroatoms. The second kappa shape index (κ2) is 9.67. The first-order chi connectivity index (χ1) is 18.4. The number of aromatic nitrogens is 2. The van der Waals surface area contributed by atoms with Gasteiger partial charge in [0.15, 0.2) is 0 Å². The maximum atomic E-state index is 15.0. The molecule has 3 heterocycles. The number of amides is 2. The third-order valence-electron chi connectivity index (χ3n) is 7.41. The van der Waals surface area contributed by atoms with Crippen molar-refractivity contribution in [3.8, 4) is 0 Å². The van der Waals surface area contributed by atoms with Crippen LogP contribution in [0.15, 0.2) is 42.6 Å². The van der Waals surface area contributed by atoms with Crippen molar-refractivity contribution in [3.05, 3.63) is 82.4 Å². The number of carbonyl (C=O) groups is 2. The highest BCUT2D eigenvalue weighted by atomic mass is 19.3. The predicted octanol–water partition coefficient (Wildman–Crippen LogP) is 3.52. The Balaban J connectivity index is 1.40. The zero-order valence-corrected chi connectivity index (χ0v) is 21.5. The van der Waals surface area contributed by atoms with Crippen molar-refractivity contribution in [3.63, 3.8) is 0 Å². The molecule has 5 rings (SSSR count). The molecule has 1 aliphatic carbocycles. The Morgan fingerprint density at radius 3 is 2.36 bits per heavy atom. The molecule has 2 amide bonds. The van der Waals surface area contributed by atoms with Crippen LogP contribution in [-0.2, 0) is 25.2 Å². The van der Waals surface area contributed by atoms with Gasteiger partial charge in [-0.3, -0.25) is 19.5 Å². The van der Waals surface area contributed by atoms with Crippen molar-refractivity contribution in [1.29, 1.82) is 0 Å². The minimum absolute atomic E-state index is 0.138.